The van der Waals surface area contributed by atoms with Crippen LogP contribution < -0.4 is 15.5 Å². The van der Waals surface area contributed by atoms with Crippen LogP contribution in [0, 0.1) is 0 Å². The third kappa shape index (κ3) is 4.41. The zero-order chi connectivity index (χ0) is 25.4. The Labute approximate surface area is 218 Å². The summed E-state index contributed by atoms with van der Waals surface area (Å²) in [5.41, 5.74) is 4.20. The Kier molecular flexibility index (Phi) is 6.38. The van der Waals surface area contributed by atoms with E-state index < -0.39 is 6.04 Å². The second-order valence-corrected chi connectivity index (χ2v) is 9.34. The molecular formula is C26H23Cl2N7O. The first-order chi connectivity index (χ1) is 17.3. The molecule has 1 atom stereocenters. The Hall–Kier alpha value is -3.88. The van der Waals surface area contributed by atoms with Crippen LogP contribution in [-0.2, 0) is 4.79 Å². The van der Waals surface area contributed by atoms with Crippen LogP contribution in [0.4, 0.5) is 17.3 Å². The summed E-state index contributed by atoms with van der Waals surface area (Å²) < 4.78 is 1.68. The average Bonchev–Trinajstić information content (AvgIpc) is 3.29. The van der Waals surface area contributed by atoms with E-state index in [4.69, 9.17) is 33.3 Å². The normalized spacial score (nSPS) is 14.8. The lowest BCUT2D eigenvalue weighted by atomic mass is 9.95. The minimum Gasteiger partial charge on any atom is -0.378 e. The molecule has 182 valence electrons. The topological polar surface area (TPSA) is 88.0 Å². The Morgan fingerprint density at radius 2 is 1.86 bits per heavy atom. The fraction of sp³-hybridized carbons (Fsp3) is 0.154. The molecule has 0 bridgehead atoms. The fourth-order valence-corrected chi connectivity index (χ4v) is 4.54. The number of nitrogens with zero attached hydrogens (tertiary/aromatic N) is 5. The number of aromatic nitrogens is 4. The monoisotopic (exact) mass is 519 g/mol. The minimum absolute atomic E-state index is 0.313. The van der Waals surface area contributed by atoms with Gasteiger partial charge in [-0.3, -0.25) is 9.78 Å². The van der Waals surface area contributed by atoms with E-state index in [1.165, 1.54) is 0 Å². The van der Waals surface area contributed by atoms with Crippen molar-refractivity contribution in [1.82, 2.24) is 19.7 Å². The third-order valence-electron chi connectivity index (χ3n) is 5.93. The maximum Gasteiger partial charge on any atom is 0.255 e. The van der Waals surface area contributed by atoms with Crippen molar-refractivity contribution in [2.24, 2.45) is 0 Å². The molecule has 1 aliphatic heterocycles. The van der Waals surface area contributed by atoms with Gasteiger partial charge in [-0.05, 0) is 49.4 Å². The summed E-state index contributed by atoms with van der Waals surface area (Å²) in [6.07, 6.45) is 3.23. The summed E-state index contributed by atoms with van der Waals surface area (Å²) in [5.74, 6) is 0.706. The molecule has 2 N–H and O–H groups in total. The van der Waals surface area contributed by atoms with Crippen molar-refractivity contribution in [2.75, 3.05) is 29.6 Å². The number of carbonyl (C=O) groups excluding carboxylic acids is 1. The number of halogens is 2. The molecule has 5 rings (SSSR count). The molecule has 36 heavy (non-hydrogen) atoms. The van der Waals surface area contributed by atoms with Crippen LogP contribution in [0.15, 0.2) is 78.3 Å². The second kappa shape index (κ2) is 9.64. The van der Waals surface area contributed by atoms with Gasteiger partial charge in [0.15, 0.2) is 5.82 Å². The van der Waals surface area contributed by atoms with E-state index in [2.05, 4.69) is 15.6 Å². The predicted octanol–water partition coefficient (Wildman–Crippen LogP) is 5.64. The number of benzene rings is 2. The first kappa shape index (κ1) is 23.8. The van der Waals surface area contributed by atoms with Crippen molar-refractivity contribution in [3.05, 3.63) is 93.9 Å². The van der Waals surface area contributed by atoms with Crippen molar-refractivity contribution >= 4 is 46.4 Å². The number of pyridine rings is 1. The van der Waals surface area contributed by atoms with E-state index in [0.717, 1.165) is 11.3 Å². The highest BCUT2D eigenvalue weighted by Crippen LogP contribution is 2.41. The van der Waals surface area contributed by atoms with Crippen molar-refractivity contribution < 1.29 is 4.79 Å². The van der Waals surface area contributed by atoms with Gasteiger partial charge in [0.05, 0.1) is 27.5 Å². The highest BCUT2D eigenvalue weighted by atomic mass is 35.5. The van der Waals surface area contributed by atoms with Crippen LogP contribution in [0.3, 0.4) is 0 Å². The lowest BCUT2D eigenvalue weighted by Crippen LogP contribution is -2.31. The Morgan fingerprint density at radius 3 is 2.56 bits per heavy atom. The molecule has 4 aromatic rings. The molecule has 0 radical (unpaired) electrons. The highest BCUT2D eigenvalue weighted by Gasteiger charge is 2.36. The van der Waals surface area contributed by atoms with Crippen LogP contribution in [0.25, 0.3) is 11.4 Å². The lowest BCUT2D eigenvalue weighted by Gasteiger charge is -2.29. The number of hydrogen-bond acceptors (Lipinski definition) is 6. The maximum atomic E-state index is 13.6. The number of allylic oxidation sites excluding steroid dienone is 1. The number of nitrogens with one attached hydrogen (secondary N) is 2. The first-order valence-electron chi connectivity index (χ1n) is 11.2. The molecule has 1 amide bonds. The van der Waals surface area contributed by atoms with Gasteiger partial charge in [-0.25, -0.2) is 4.68 Å². The molecule has 10 heteroatoms. The molecular weight excluding hydrogens is 497 g/mol. The molecule has 1 aliphatic rings. The Balaban J connectivity index is 1.61. The van der Waals surface area contributed by atoms with Crippen molar-refractivity contribution in [3.8, 4) is 11.4 Å². The SMILES string of the molecule is CC1=C(C(=O)Nc2cccnc2)C(c2cccc(Cl)c2Cl)n2nc(-c3ccc(N(C)C)cc3)nc2N1. The van der Waals surface area contributed by atoms with Gasteiger partial charge in [0.1, 0.15) is 6.04 Å². The summed E-state index contributed by atoms with van der Waals surface area (Å²) in [7, 11) is 3.97. The van der Waals surface area contributed by atoms with Gasteiger partial charge in [-0.1, -0.05) is 35.3 Å². The molecule has 0 spiro atoms. The van der Waals surface area contributed by atoms with Crippen LogP contribution >= 0.6 is 23.2 Å². The van der Waals surface area contributed by atoms with E-state index in [0.29, 0.717) is 44.3 Å². The van der Waals surface area contributed by atoms with Gasteiger partial charge < -0.3 is 15.5 Å². The van der Waals surface area contributed by atoms with E-state index in [1.807, 2.05) is 56.3 Å². The zero-order valence-corrected chi connectivity index (χ0v) is 21.3. The number of rotatable bonds is 5. The number of carbonyl (C=O) groups is 1. The van der Waals surface area contributed by atoms with Gasteiger partial charge in [0.2, 0.25) is 5.95 Å². The number of anilines is 3. The van der Waals surface area contributed by atoms with Gasteiger partial charge in [-0.15, -0.1) is 5.10 Å². The van der Waals surface area contributed by atoms with E-state index >= 15 is 0 Å². The molecule has 8 nitrogen and oxygen atoms in total. The Morgan fingerprint density at radius 1 is 1.08 bits per heavy atom. The summed E-state index contributed by atoms with van der Waals surface area (Å²) in [5, 5.41) is 11.7. The van der Waals surface area contributed by atoms with Crippen molar-refractivity contribution in [1.29, 1.82) is 0 Å². The van der Waals surface area contributed by atoms with E-state index in [1.54, 1.807) is 41.3 Å². The summed E-state index contributed by atoms with van der Waals surface area (Å²) in [6.45, 7) is 1.83. The van der Waals surface area contributed by atoms with Crippen LogP contribution in [-0.4, -0.2) is 39.8 Å². The fourth-order valence-electron chi connectivity index (χ4n) is 4.13. The molecule has 0 saturated heterocycles. The van der Waals surface area contributed by atoms with Gasteiger partial charge in [-0.2, -0.15) is 4.98 Å². The molecule has 2 aromatic carbocycles. The van der Waals surface area contributed by atoms with Crippen LogP contribution in [0.2, 0.25) is 10.0 Å². The lowest BCUT2D eigenvalue weighted by molar-refractivity contribution is -0.113. The van der Waals surface area contributed by atoms with Crippen molar-refractivity contribution in [3.63, 3.8) is 0 Å². The van der Waals surface area contributed by atoms with Crippen LogP contribution in [0.5, 0.6) is 0 Å². The summed E-state index contributed by atoms with van der Waals surface area (Å²) >= 11 is 13.0. The average molecular weight is 520 g/mol. The highest BCUT2D eigenvalue weighted by molar-refractivity contribution is 6.42. The predicted molar refractivity (Wildman–Crippen MR) is 144 cm³/mol. The molecule has 0 fully saturated rings. The Bertz CT molecular complexity index is 1460. The summed E-state index contributed by atoms with van der Waals surface area (Å²) in [6, 6.07) is 16.2. The largest absolute Gasteiger partial charge is 0.378 e. The van der Waals surface area contributed by atoms with Gasteiger partial charge in [0, 0.05) is 42.8 Å². The van der Waals surface area contributed by atoms with Gasteiger partial charge >= 0.3 is 0 Å². The molecule has 1 unspecified atom stereocenters. The number of hydrogen-bond donors (Lipinski definition) is 2. The minimum atomic E-state index is -0.661. The smallest absolute Gasteiger partial charge is 0.255 e. The quantitative estimate of drug-likeness (QED) is 0.354. The van der Waals surface area contributed by atoms with Crippen LogP contribution in [0.1, 0.15) is 18.5 Å². The molecule has 2 aromatic heterocycles. The number of amides is 1. The molecule has 3 heterocycles. The van der Waals surface area contributed by atoms with E-state index in [9.17, 15) is 4.79 Å². The molecule has 0 aliphatic carbocycles. The first-order valence-corrected chi connectivity index (χ1v) is 12.0. The zero-order valence-electron chi connectivity index (χ0n) is 19.8. The second-order valence-electron chi connectivity index (χ2n) is 8.55. The number of fused-ring (bicyclic) bond motifs is 1. The third-order valence-corrected chi connectivity index (χ3v) is 6.77. The van der Waals surface area contributed by atoms with Gasteiger partial charge in [0.25, 0.3) is 5.91 Å². The maximum absolute atomic E-state index is 13.6. The van der Waals surface area contributed by atoms with E-state index in [-0.39, 0.29) is 5.91 Å². The standard InChI is InChI=1S/C26H23Cl2N7O/c1-15-21(25(36)31-17-6-5-13-29-14-17)23(19-7-4-8-20(27)22(19)28)35-26(30-15)32-24(33-35)16-9-11-18(12-10-16)34(2)3/h4-14,23H,1-3H3,(H,31,36)(H,30,32,33). The van der Waals surface area contributed by atoms with Crippen molar-refractivity contribution in [2.45, 2.75) is 13.0 Å². The summed E-state index contributed by atoms with van der Waals surface area (Å²) in [4.78, 5) is 24.4. The molecule has 0 saturated carbocycles.